The summed E-state index contributed by atoms with van der Waals surface area (Å²) in [6, 6.07) is 3.40. The van der Waals surface area contributed by atoms with E-state index in [2.05, 4.69) is 4.90 Å². The van der Waals surface area contributed by atoms with Crippen molar-refractivity contribution in [2.75, 3.05) is 19.6 Å². The molecule has 1 aromatic carbocycles. The fourth-order valence-electron chi connectivity index (χ4n) is 3.78. The molecular weight excluding hydrogens is 272 g/mol. The first-order chi connectivity index (χ1) is 10.1. The molecule has 2 aliphatic rings. The Kier molecular flexibility index (Phi) is 4.34. The number of ketones is 1. The van der Waals surface area contributed by atoms with Crippen LogP contribution in [0.3, 0.4) is 0 Å². The first-order valence-electron chi connectivity index (χ1n) is 7.84. The average Bonchev–Trinajstić information content (AvgIpc) is 2.50. The largest absolute Gasteiger partial charge is 0.296 e. The van der Waals surface area contributed by atoms with Crippen molar-refractivity contribution in [3.05, 3.63) is 35.4 Å². The molecule has 1 aliphatic heterocycles. The minimum Gasteiger partial charge on any atom is -0.296 e. The second-order valence-corrected chi connectivity index (χ2v) is 6.38. The molecule has 0 amide bonds. The highest BCUT2D eigenvalue weighted by Crippen LogP contribution is 2.35. The zero-order chi connectivity index (χ0) is 14.8. The summed E-state index contributed by atoms with van der Waals surface area (Å²) in [4.78, 5) is 14.4. The van der Waals surface area contributed by atoms with Gasteiger partial charge in [0, 0.05) is 12.1 Å². The minimum absolute atomic E-state index is 0.122. The molecule has 3 rings (SSSR count). The molecule has 0 spiro atoms. The standard InChI is InChI=1S/C17H21F2NO/c18-15-6-5-13(9-16(15)19)17(21)11-20-8-7-12-3-1-2-4-14(12)10-20/h5-6,9,12,14H,1-4,7-8,10-11H2. The van der Waals surface area contributed by atoms with E-state index in [-0.39, 0.29) is 11.3 Å². The predicted molar refractivity (Wildman–Crippen MR) is 77.2 cm³/mol. The van der Waals surface area contributed by atoms with E-state index in [0.717, 1.165) is 37.6 Å². The van der Waals surface area contributed by atoms with Crippen LogP contribution in [0.2, 0.25) is 0 Å². The lowest BCUT2D eigenvalue weighted by Gasteiger charge is -2.41. The van der Waals surface area contributed by atoms with Crippen LogP contribution in [0.15, 0.2) is 18.2 Å². The molecular formula is C17H21F2NO. The van der Waals surface area contributed by atoms with Gasteiger partial charge in [0.05, 0.1) is 6.54 Å². The summed E-state index contributed by atoms with van der Waals surface area (Å²) in [6.07, 6.45) is 6.40. The van der Waals surface area contributed by atoms with E-state index in [1.54, 1.807) is 0 Å². The Labute approximate surface area is 124 Å². The Morgan fingerprint density at radius 2 is 1.86 bits per heavy atom. The van der Waals surface area contributed by atoms with Gasteiger partial charge in [-0.2, -0.15) is 0 Å². The van der Waals surface area contributed by atoms with Crippen LogP contribution < -0.4 is 0 Å². The number of carbonyl (C=O) groups excluding carboxylic acids is 1. The molecule has 2 atom stereocenters. The Bertz CT molecular complexity index is 532. The van der Waals surface area contributed by atoms with Crippen LogP contribution in [-0.2, 0) is 0 Å². The van der Waals surface area contributed by atoms with Crippen molar-refractivity contribution in [3.8, 4) is 0 Å². The van der Waals surface area contributed by atoms with E-state index in [9.17, 15) is 13.6 Å². The molecule has 0 radical (unpaired) electrons. The molecule has 21 heavy (non-hydrogen) atoms. The number of carbonyl (C=O) groups is 1. The quantitative estimate of drug-likeness (QED) is 0.793. The molecule has 1 aromatic rings. The summed E-state index contributed by atoms with van der Waals surface area (Å²) < 4.78 is 26.1. The number of benzene rings is 1. The van der Waals surface area contributed by atoms with Crippen molar-refractivity contribution in [1.82, 2.24) is 4.90 Å². The Balaban J connectivity index is 1.61. The third-order valence-corrected chi connectivity index (χ3v) is 4.98. The summed E-state index contributed by atoms with van der Waals surface area (Å²) >= 11 is 0. The summed E-state index contributed by atoms with van der Waals surface area (Å²) in [5.74, 6) is -0.441. The van der Waals surface area contributed by atoms with Crippen molar-refractivity contribution in [3.63, 3.8) is 0 Å². The summed E-state index contributed by atoms with van der Waals surface area (Å²) in [5, 5.41) is 0. The molecule has 1 heterocycles. The predicted octanol–water partition coefficient (Wildman–Crippen LogP) is 3.66. The average molecular weight is 293 g/mol. The van der Waals surface area contributed by atoms with E-state index < -0.39 is 11.6 Å². The molecule has 114 valence electrons. The lowest BCUT2D eigenvalue weighted by Crippen LogP contribution is -2.43. The molecule has 1 aliphatic carbocycles. The number of likely N-dealkylation sites (tertiary alicyclic amines) is 1. The SMILES string of the molecule is O=C(CN1CCC2CCCCC2C1)c1ccc(F)c(F)c1. The highest BCUT2D eigenvalue weighted by Gasteiger charge is 2.31. The topological polar surface area (TPSA) is 20.3 Å². The van der Waals surface area contributed by atoms with Gasteiger partial charge in [-0.3, -0.25) is 9.69 Å². The van der Waals surface area contributed by atoms with Gasteiger partial charge in [-0.25, -0.2) is 8.78 Å². The van der Waals surface area contributed by atoms with Crippen molar-refractivity contribution in [2.24, 2.45) is 11.8 Å². The molecule has 2 fully saturated rings. The number of halogens is 2. The van der Waals surface area contributed by atoms with Crippen LogP contribution in [0.25, 0.3) is 0 Å². The van der Waals surface area contributed by atoms with Crippen LogP contribution >= 0.6 is 0 Å². The molecule has 0 aromatic heterocycles. The summed E-state index contributed by atoms with van der Waals surface area (Å²) in [6.45, 7) is 2.23. The van der Waals surface area contributed by atoms with Gasteiger partial charge < -0.3 is 0 Å². The molecule has 1 saturated carbocycles. The van der Waals surface area contributed by atoms with Crippen LogP contribution in [0, 0.1) is 23.5 Å². The fraction of sp³-hybridized carbons (Fsp3) is 0.588. The van der Waals surface area contributed by atoms with Gasteiger partial charge in [-0.05, 0) is 49.4 Å². The number of fused-ring (bicyclic) bond motifs is 1. The maximum atomic E-state index is 13.2. The normalized spacial score (nSPS) is 26.4. The number of Topliss-reactive ketones (excluding diaryl/α,β-unsaturated/α-hetero) is 1. The van der Waals surface area contributed by atoms with Crippen molar-refractivity contribution >= 4 is 5.78 Å². The first kappa shape index (κ1) is 14.6. The molecule has 0 bridgehead atoms. The van der Waals surface area contributed by atoms with Crippen molar-refractivity contribution in [1.29, 1.82) is 0 Å². The van der Waals surface area contributed by atoms with Crippen LogP contribution in [0.4, 0.5) is 8.78 Å². The maximum absolute atomic E-state index is 13.2. The van der Waals surface area contributed by atoms with E-state index in [4.69, 9.17) is 0 Å². The lowest BCUT2D eigenvalue weighted by atomic mass is 9.75. The van der Waals surface area contributed by atoms with E-state index in [1.807, 2.05) is 0 Å². The van der Waals surface area contributed by atoms with Crippen LogP contribution in [0.5, 0.6) is 0 Å². The smallest absolute Gasteiger partial charge is 0.176 e. The zero-order valence-electron chi connectivity index (χ0n) is 12.2. The second kappa shape index (κ2) is 6.22. The minimum atomic E-state index is -0.952. The van der Waals surface area contributed by atoms with Gasteiger partial charge in [-0.1, -0.05) is 19.3 Å². The molecule has 0 N–H and O–H groups in total. The maximum Gasteiger partial charge on any atom is 0.176 e. The molecule has 1 saturated heterocycles. The monoisotopic (exact) mass is 293 g/mol. The Morgan fingerprint density at radius 3 is 2.62 bits per heavy atom. The number of hydrogen-bond acceptors (Lipinski definition) is 2. The Hall–Kier alpha value is -1.29. The van der Waals surface area contributed by atoms with Gasteiger partial charge in [0.15, 0.2) is 17.4 Å². The third kappa shape index (κ3) is 3.31. The highest BCUT2D eigenvalue weighted by molar-refractivity contribution is 5.97. The number of hydrogen-bond donors (Lipinski definition) is 0. The summed E-state index contributed by atoms with van der Waals surface area (Å²) in [5.41, 5.74) is 0.264. The van der Waals surface area contributed by atoms with Gasteiger partial charge in [0.25, 0.3) is 0 Å². The first-order valence-corrected chi connectivity index (χ1v) is 7.84. The molecule has 2 nitrogen and oxygen atoms in total. The van der Waals surface area contributed by atoms with Gasteiger partial charge in [0.1, 0.15) is 0 Å². The zero-order valence-corrected chi connectivity index (χ0v) is 12.2. The molecule has 4 heteroatoms. The highest BCUT2D eigenvalue weighted by atomic mass is 19.2. The van der Waals surface area contributed by atoms with Gasteiger partial charge >= 0.3 is 0 Å². The van der Waals surface area contributed by atoms with Crippen LogP contribution in [0.1, 0.15) is 42.5 Å². The molecule has 2 unspecified atom stereocenters. The van der Waals surface area contributed by atoms with Crippen molar-refractivity contribution < 1.29 is 13.6 Å². The summed E-state index contributed by atoms with van der Waals surface area (Å²) in [7, 11) is 0. The van der Waals surface area contributed by atoms with Gasteiger partial charge in [0.2, 0.25) is 0 Å². The van der Waals surface area contributed by atoms with E-state index in [0.29, 0.717) is 12.5 Å². The van der Waals surface area contributed by atoms with E-state index in [1.165, 1.54) is 31.7 Å². The van der Waals surface area contributed by atoms with Gasteiger partial charge in [-0.15, -0.1) is 0 Å². The Morgan fingerprint density at radius 1 is 1.10 bits per heavy atom. The second-order valence-electron chi connectivity index (χ2n) is 6.38. The third-order valence-electron chi connectivity index (χ3n) is 4.98. The van der Waals surface area contributed by atoms with Crippen LogP contribution in [-0.4, -0.2) is 30.3 Å². The number of piperidine rings is 1. The fourth-order valence-corrected chi connectivity index (χ4v) is 3.78. The van der Waals surface area contributed by atoms with E-state index >= 15 is 0 Å². The lowest BCUT2D eigenvalue weighted by molar-refractivity contribution is 0.0712. The number of rotatable bonds is 3. The van der Waals surface area contributed by atoms with Crippen molar-refractivity contribution in [2.45, 2.75) is 32.1 Å². The number of nitrogens with zero attached hydrogens (tertiary/aromatic N) is 1.